The van der Waals surface area contributed by atoms with Gasteiger partial charge in [0.15, 0.2) is 0 Å². The summed E-state index contributed by atoms with van der Waals surface area (Å²) in [6.45, 7) is 0. The van der Waals surface area contributed by atoms with E-state index in [4.69, 9.17) is 5.73 Å². The summed E-state index contributed by atoms with van der Waals surface area (Å²) in [6.07, 6.45) is 2.52. The average Bonchev–Trinajstić information content (AvgIpc) is 2.21. The van der Waals surface area contributed by atoms with E-state index >= 15 is 0 Å². The molecule has 1 aromatic rings. The average molecular weight is 197 g/mol. The van der Waals surface area contributed by atoms with Crippen molar-refractivity contribution < 1.29 is 8.78 Å². The van der Waals surface area contributed by atoms with Crippen LogP contribution in [0.4, 0.5) is 8.78 Å². The summed E-state index contributed by atoms with van der Waals surface area (Å²) in [7, 11) is 0. The van der Waals surface area contributed by atoms with Crippen LogP contribution in [0.15, 0.2) is 36.3 Å². The molecule has 14 heavy (non-hydrogen) atoms. The van der Waals surface area contributed by atoms with Crippen molar-refractivity contribution in [1.82, 2.24) is 0 Å². The predicted molar refractivity (Wildman–Crippen MR) is 52.7 cm³/mol. The minimum atomic E-state index is -0.239. The van der Waals surface area contributed by atoms with Crippen LogP contribution in [0, 0.1) is 5.82 Å². The Hall–Kier alpha value is -1.38. The summed E-state index contributed by atoms with van der Waals surface area (Å²) in [5, 5.41) is 0. The fraction of sp³-hybridized carbons (Fsp3) is 0.273. The van der Waals surface area contributed by atoms with E-state index in [9.17, 15) is 8.78 Å². The molecule has 0 saturated heterocycles. The van der Waals surface area contributed by atoms with E-state index in [2.05, 4.69) is 0 Å². The first-order chi connectivity index (χ1) is 6.72. The molecule has 0 radical (unpaired) electrons. The molecule has 0 bridgehead atoms. The minimum absolute atomic E-state index is 0.239. The first kappa shape index (κ1) is 10.7. The molecule has 0 aliphatic rings. The Labute approximate surface area is 82.2 Å². The molecule has 0 aromatic heterocycles. The largest absolute Gasteiger partial charge is 0.400 e. The van der Waals surface area contributed by atoms with Crippen LogP contribution in [-0.4, -0.2) is 0 Å². The molecule has 0 unspecified atom stereocenters. The van der Waals surface area contributed by atoms with Gasteiger partial charge in [-0.3, -0.25) is 0 Å². The smallest absolute Gasteiger partial charge is 0.123 e. The molecule has 0 atom stereocenters. The normalized spacial score (nSPS) is 11.7. The lowest BCUT2D eigenvalue weighted by Crippen LogP contribution is -1.97. The van der Waals surface area contributed by atoms with Crippen molar-refractivity contribution in [2.45, 2.75) is 19.3 Å². The molecule has 1 nitrogen and oxygen atoms in total. The highest BCUT2D eigenvalue weighted by Crippen LogP contribution is 2.08. The molecule has 2 N–H and O–H groups in total. The van der Waals surface area contributed by atoms with Crippen LogP contribution in [0.2, 0.25) is 0 Å². The summed E-state index contributed by atoms with van der Waals surface area (Å²) in [5.41, 5.74) is 6.58. The maximum absolute atomic E-state index is 12.5. The summed E-state index contributed by atoms with van der Waals surface area (Å²) in [6, 6.07) is 6.29. The fourth-order valence-electron chi connectivity index (χ4n) is 1.20. The van der Waals surface area contributed by atoms with Crippen molar-refractivity contribution in [3.8, 4) is 0 Å². The molecule has 0 amide bonds. The number of halogens is 2. The highest BCUT2D eigenvalue weighted by Gasteiger charge is 1.95. The van der Waals surface area contributed by atoms with Gasteiger partial charge in [-0.05, 0) is 37.0 Å². The van der Waals surface area contributed by atoms with Crippen molar-refractivity contribution in [1.29, 1.82) is 0 Å². The molecule has 1 rings (SSSR count). The summed E-state index contributed by atoms with van der Waals surface area (Å²) in [5.74, 6) is -0.239. The maximum atomic E-state index is 12.5. The quantitative estimate of drug-likeness (QED) is 0.789. The van der Waals surface area contributed by atoms with Gasteiger partial charge in [-0.15, -0.1) is 0 Å². The lowest BCUT2D eigenvalue weighted by atomic mass is 10.1. The third-order valence-corrected chi connectivity index (χ3v) is 1.98. The number of allylic oxidation sites excluding steroid dienone is 1. The molecule has 0 spiro atoms. The second-order valence-corrected chi connectivity index (χ2v) is 3.16. The Morgan fingerprint density at radius 2 is 1.93 bits per heavy atom. The van der Waals surface area contributed by atoms with Crippen molar-refractivity contribution in [3.63, 3.8) is 0 Å². The molecule has 0 aliphatic heterocycles. The zero-order chi connectivity index (χ0) is 10.4. The van der Waals surface area contributed by atoms with E-state index in [1.54, 1.807) is 12.1 Å². The summed E-state index contributed by atoms with van der Waals surface area (Å²) < 4.78 is 24.3. The molecule has 1 aromatic carbocycles. The monoisotopic (exact) mass is 197 g/mol. The molecular formula is C11H13F2N. The predicted octanol–water partition coefficient (Wildman–Crippen LogP) is 2.92. The third kappa shape index (κ3) is 3.56. The SMILES string of the molecule is N/C(=C/F)CCCc1ccc(F)cc1. The molecule has 0 aliphatic carbocycles. The third-order valence-electron chi connectivity index (χ3n) is 1.98. The lowest BCUT2D eigenvalue weighted by Gasteiger charge is -2.01. The van der Waals surface area contributed by atoms with Gasteiger partial charge in [-0.2, -0.15) is 0 Å². The molecule has 0 saturated carbocycles. The Morgan fingerprint density at radius 3 is 2.50 bits per heavy atom. The molecule has 0 heterocycles. The van der Waals surface area contributed by atoms with E-state index in [1.807, 2.05) is 0 Å². The van der Waals surface area contributed by atoms with Gasteiger partial charge in [0.05, 0.1) is 0 Å². The molecule has 3 heteroatoms. The van der Waals surface area contributed by atoms with Gasteiger partial charge in [-0.1, -0.05) is 12.1 Å². The Bertz CT molecular complexity index is 304. The highest BCUT2D eigenvalue weighted by molar-refractivity contribution is 5.16. The second kappa shape index (κ2) is 5.37. The van der Waals surface area contributed by atoms with Crippen molar-refractivity contribution in [3.05, 3.63) is 47.7 Å². The number of hydrogen-bond acceptors (Lipinski definition) is 1. The van der Waals surface area contributed by atoms with E-state index in [-0.39, 0.29) is 11.5 Å². The van der Waals surface area contributed by atoms with Crippen molar-refractivity contribution in [2.24, 2.45) is 5.73 Å². The Balaban J connectivity index is 2.35. The number of benzene rings is 1. The number of aryl methyl sites for hydroxylation is 1. The van der Waals surface area contributed by atoms with Crippen LogP contribution in [0.5, 0.6) is 0 Å². The standard InChI is InChI=1S/C11H13F2N/c12-8-11(14)3-1-2-9-4-6-10(13)7-5-9/h4-8H,1-3,14H2/b11-8+. The van der Waals surface area contributed by atoms with E-state index in [0.717, 1.165) is 18.4 Å². The Morgan fingerprint density at radius 1 is 1.29 bits per heavy atom. The van der Waals surface area contributed by atoms with Gasteiger partial charge in [0, 0.05) is 5.70 Å². The van der Waals surface area contributed by atoms with Crippen molar-refractivity contribution in [2.75, 3.05) is 0 Å². The van der Waals surface area contributed by atoms with Crippen molar-refractivity contribution >= 4 is 0 Å². The van der Waals surface area contributed by atoms with Gasteiger partial charge >= 0.3 is 0 Å². The number of rotatable bonds is 4. The Kier molecular flexibility index (Phi) is 4.11. The molecule has 76 valence electrons. The zero-order valence-corrected chi connectivity index (χ0v) is 7.84. The van der Waals surface area contributed by atoms with E-state index in [1.165, 1.54) is 12.1 Å². The topological polar surface area (TPSA) is 26.0 Å². The van der Waals surface area contributed by atoms with Crippen LogP contribution in [0.3, 0.4) is 0 Å². The zero-order valence-electron chi connectivity index (χ0n) is 7.84. The van der Waals surface area contributed by atoms with Gasteiger partial charge in [0.2, 0.25) is 0 Å². The first-order valence-corrected chi connectivity index (χ1v) is 4.51. The van der Waals surface area contributed by atoms with Crippen LogP contribution < -0.4 is 5.73 Å². The maximum Gasteiger partial charge on any atom is 0.123 e. The van der Waals surface area contributed by atoms with Gasteiger partial charge < -0.3 is 5.73 Å². The fourth-order valence-corrected chi connectivity index (χ4v) is 1.20. The number of hydrogen-bond donors (Lipinski definition) is 1. The van der Waals surface area contributed by atoms with Crippen LogP contribution in [0.25, 0.3) is 0 Å². The van der Waals surface area contributed by atoms with Crippen LogP contribution >= 0.6 is 0 Å². The lowest BCUT2D eigenvalue weighted by molar-refractivity contribution is 0.626. The van der Waals surface area contributed by atoms with Gasteiger partial charge in [0.1, 0.15) is 12.1 Å². The molecular weight excluding hydrogens is 184 g/mol. The van der Waals surface area contributed by atoms with Gasteiger partial charge in [0.25, 0.3) is 0 Å². The highest BCUT2D eigenvalue weighted by atomic mass is 19.1. The van der Waals surface area contributed by atoms with E-state index in [0.29, 0.717) is 12.8 Å². The minimum Gasteiger partial charge on any atom is -0.400 e. The second-order valence-electron chi connectivity index (χ2n) is 3.16. The summed E-state index contributed by atoms with van der Waals surface area (Å²) in [4.78, 5) is 0. The first-order valence-electron chi connectivity index (χ1n) is 4.51. The number of nitrogens with two attached hydrogens (primary N) is 1. The molecule has 0 fully saturated rings. The van der Waals surface area contributed by atoms with E-state index < -0.39 is 0 Å². The van der Waals surface area contributed by atoms with Crippen LogP contribution in [-0.2, 0) is 6.42 Å². The van der Waals surface area contributed by atoms with Gasteiger partial charge in [-0.25, -0.2) is 8.78 Å². The van der Waals surface area contributed by atoms with Crippen LogP contribution in [0.1, 0.15) is 18.4 Å². The summed E-state index contributed by atoms with van der Waals surface area (Å²) >= 11 is 0.